The Bertz CT molecular complexity index is 736. The van der Waals surface area contributed by atoms with Gasteiger partial charge >= 0.3 is 0 Å². The molecule has 102 valence electrons. The average molecular weight is 331 g/mol. The molecule has 0 atom stereocenters. The van der Waals surface area contributed by atoms with Crippen molar-refractivity contribution in [1.82, 2.24) is 19.7 Å². The predicted octanol–water partition coefficient (Wildman–Crippen LogP) is 3.09. The van der Waals surface area contributed by atoms with Gasteiger partial charge in [-0.2, -0.15) is 0 Å². The van der Waals surface area contributed by atoms with Crippen LogP contribution >= 0.6 is 15.9 Å². The molecule has 0 saturated carbocycles. The molecule has 0 aliphatic rings. The summed E-state index contributed by atoms with van der Waals surface area (Å²) in [6.07, 6.45) is 5.58. The molecule has 0 aliphatic heterocycles. The average Bonchev–Trinajstić information content (AvgIpc) is 2.83. The lowest BCUT2D eigenvalue weighted by atomic mass is 10.1. The molecule has 0 aliphatic carbocycles. The van der Waals surface area contributed by atoms with E-state index in [9.17, 15) is 0 Å². The van der Waals surface area contributed by atoms with E-state index in [0.29, 0.717) is 0 Å². The van der Waals surface area contributed by atoms with Crippen LogP contribution in [0.15, 0.2) is 47.5 Å². The van der Waals surface area contributed by atoms with Crippen LogP contribution in [0.3, 0.4) is 0 Å². The minimum absolute atomic E-state index is 0.770. The van der Waals surface area contributed by atoms with E-state index >= 15 is 0 Å². The number of aromatic nitrogens is 3. The lowest BCUT2D eigenvalue weighted by Gasteiger charge is -2.07. The van der Waals surface area contributed by atoms with Gasteiger partial charge in [0, 0.05) is 19.3 Å². The number of halogens is 1. The molecule has 0 fully saturated rings. The first-order valence-electron chi connectivity index (χ1n) is 6.47. The molecule has 0 amide bonds. The van der Waals surface area contributed by atoms with Gasteiger partial charge in [-0.25, -0.2) is 9.97 Å². The molecular weight excluding hydrogens is 316 g/mol. The molecule has 20 heavy (non-hydrogen) atoms. The summed E-state index contributed by atoms with van der Waals surface area (Å²) >= 11 is 3.39. The summed E-state index contributed by atoms with van der Waals surface area (Å²) in [5.41, 5.74) is 4.62. The molecule has 0 spiro atoms. The summed E-state index contributed by atoms with van der Waals surface area (Å²) < 4.78 is 2.85. The third kappa shape index (κ3) is 2.73. The standard InChI is InChI=1S/C15H15BrN4/c1-11-4-2-3-5-12(11)6-17-7-13-8-19-15-9-18-14(16)10-20(13)15/h2-5,8-10,17H,6-7H2,1H3. The molecule has 5 heteroatoms. The summed E-state index contributed by atoms with van der Waals surface area (Å²) in [6.45, 7) is 3.76. The van der Waals surface area contributed by atoms with Gasteiger partial charge in [-0.1, -0.05) is 24.3 Å². The highest BCUT2D eigenvalue weighted by atomic mass is 79.9. The van der Waals surface area contributed by atoms with Crippen LogP contribution < -0.4 is 5.32 Å². The molecule has 0 unspecified atom stereocenters. The Kier molecular flexibility index (Phi) is 3.80. The first-order valence-corrected chi connectivity index (χ1v) is 7.26. The number of nitrogens with one attached hydrogen (secondary N) is 1. The topological polar surface area (TPSA) is 42.2 Å². The minimum Gasteiger partial charge on any atom is -0.307 e. The number of hydrogen-bond donors (Lipinski definition) is 1. The van der Waals surface area contributed by atoms with Crippen LogP contribution in [0.1, 0.15) is 16.8 Å². The van der Waals surface area contributed by atoms with Crippen molar-refractivity contribution in [3.63, 3.8) is 0 Å². The number of aryl methyl sites for hydroxylation is 1. The number of imidazole rings is 1. The van der Waals surface area contributed by atoms with Gasteiger partial charge in [0.2, 0.25) is 0 Å². The molecule has 0 bridgehead atoms. The van der Waals surface area contributed by atoms with Crippen LogP contribution in [0.2, 0.25) is 0 Å². The lowest BCUT2D eigenvalue weighted by molar-refractivity contribution is 0.672. The molecule has 3 aromatic rings. The Morgan fingerprint density at radius 3 is 2.85 bits per heavy atom. The third-order valence-corrected chi connectivity index (χ3v) is 3.73. The predicted molar refractivity (Wildman–Crippen MR) is 82.4 cm³/mol. The van der Waals surface area contributed by atoms with Gasteiger partial charge in [0.15, 0.2) is 5.65 Å². The first-order chi connectivity index (χ1) is 9.74. The Hall–Kier alpha value is -1.72. The molecule has 2 aromatic heterocycles. The number of fused-ring (bicyclic) bond motifs is 1. The maximum atomic E-state index is 4.34. The van der Waals surface area contributed by atoms with E-state index in [1.54, 1.807) is 6.20 Å². The van der Waals surface area contributed by atoms with E-state index in [1.165, 1.54) is 11.1 Å². The van der Waals surface area contributed by atoms with Crippen LogP contribution in [-0.4, -0.2) is 14.4 Å². The maximum Gasteiger partial charge on any atom is 0.155 e. The van der Waals surface area contributed by atoms with Crippen molar-refractivity contribution in [2.75, 3.05) is 0 Å². The van der Waals surface area contributed by atoms with Crippen molar-refractivity contribution in [1.29, 1.82) is 0 Å². The van der Waals surface area contributed by atoms with Crippen molar-refractivity contribution < 1.29 is 0 Å². The fourth-order valence-corrected chi connectivity index (χ4v) is 2.49. The van der Waals surface area contributed by atoms with Gasteiger partial charge in [-0.05, 0) is 34.0 Å². The number of benzene rings is 1. The molecule has 3 rings (SSSR count). The lowest BCUT2D eigenvalue weighted by Crippen LogP contribution is -2.14. The second-order valence-corrected chi connectivity index (χ2v) is 5.53. The Morgan fingerprint density at radius 2 is 2.00 bits per heavy atom. The van der Waals surface area contributed by atoms with Gasteiger partial charge in [0.25, 0.3) is 0 Å². The summed E-state index contributed by atoms with van der Waals surface area (Å²) in [4.78, 5) is 8.52. The van der Waals surface area contributed by atoms with Gasteiger partial charge in [-0.3, -0.25) is 4.40 Å². The van der Waals surface area contributed by atoms with E-state index in [-0.39, 0.29) is 0 Å². The minimum atomic E-state index is 0.770. The first kappa shape index (κ1) is 13.3. The zero-order chi connectivity index (χ0) is 13.9. The molecule has 4 nitrogen and oxygen atoms in total. The quantitative estimate of drug-likeness (QED) is 0.799. The van der Waals surface area contributed by atoms with Crippen molar-refractivity contribution in [3.05, 3.63) is 64.3 Å². The smallest absolute Gasteiger partial charge is 0.155 e. The molecule has 0 radical (unpaired) electrons. The van der Waals surface area contributed by atoms with E-state index in [0.717, 1.165) is 29.0 Å². The summed E-state index contributed by atoms with van der Waals surface area (Å²) in [5.74, 6) is 0. The van der Waals surface area contributed by atoms with E-state index in [2.05, 4.69) is 62.4 Å². The van der Waals surface area contributed by atoms with Crippen LogP contribution in [0.5, 0.6) is 0 Å². The SMILES string of the molecule is Cc1ccccc1CNCc1cnc2cnc(Br)cn12. The highest BCUT2D eigenvalue weighted by molar-refractivity contribution is 9.10. The second-order valence-electron chi connectivity index (χ2n) is 4.72. The number of nitrogens with zero attached hydrogens (tertiary/aromatic N) is 3. The van der Waals surface area contributed by atoms with Crippen molar-refractivity contribution in [3.8, 4) is 0 Å². The van der Waals surface area contributed by atoms with Crippen molar-refractivity contribution >= 4 is 21.6 Å². The fourth-order valence-electron chi connectivity index (χ4n) is 2.18. The van der Waals surface area contributed by atoms with Crippen LogP contribution in [0.25, 0.3) is 5.65 Å². The van der Waals surface area contributed by atoms with Gasteiger partial charge < -0.3 is 5.32 Å². The second kappa shape index (κ2) is 5.73. The number of hydrogen-bond acceptors (Lipinski definition) is 3. The summed E-state index contributed by atoms with van der Waals surface area (Å²) in [6, 6.07) is 8.42. The largest absolute Gasteiger partial charge is 0.307 e. The van der Waals surface area contributed by atoms with E-state index < -0.39 is 0 Å². The van der Waals surface area contributed by atoms with Crippen molar-refractivity contribution in [2.45, 2.75) is 20.0 Å². The van der Waals surface area contributed by atoms with Crippen LogP contribution in [0, 0.1) is 6.92 Å². The summed E-state index contributed by atoms with van der Waals surface area (Å²) in [5, 5.41) is 3.46. The van der Waals surface area contributed by atoms with Gasteiger partial charge in [0.05, 0.1) is 18.1 Å². The fraction of sp³-hybridized carbons (Fsp3) is 0.200. The normalized spacial score (nSPS) is 11.1. The Labute approximate surface area is 126 Å². The van der Waals surface area contributed by atoms with Gasteiger partial charge in [-0.15, -0.1) is 0 Å². The van der Waals surface area contributed by atoms with E-state index in [1.807, 2.05) is 16.8 Å². The highest BCUT2D eigenvalue weighted by Crippen LogP contribution is 2.11. The molecular formula is C15H15BrN4. The Morgan fingerprint density at radius 1 is 1.15 bits per heavy atom. The molecule has 2 heterocycles. The van der Waals surface area contributed by atoms with Gasteiger partial charge in [0.1, 0.15) is 4.60 Å². The third-order valence-electron chi connectivity index (χ3n) is 3.32. The molecule has 1 aromatic carbocycles. The molecule has 1 N–H and O–H groups in total. The van der Waals surface area contributed by atoms with E-state index in [4.69, 9.17) is 0 Å². The van der Waals surface area contributed by atoms with Crippen molar-refractivity contribution in [2.24, 2.45) is 0 Å². The Balaban J connectivity index is 1.71. The highest BCUT2D eigenvalue weighted by Gasteiger charge is 2.04. The zero-order valence-electron chi connectivity index (χ0n) is 11.2. The van der Waals surface area contributed by atoms with Crippen LogP contribution in [0.4, 0.5) is 0 Å². The molecule has 0 saturated heterocycles. The monoisotopic (exact) mass is 330 g/mol. The zero-order valence-corrected chi connectivity index (χ0v) is 12.8. The van der Waals surface area contributed by atoms with Crippen LogP contribution in [-0.2, 0) is 13.1 Å². The maximum absolute atomic E-state index is 4.34. The number of rotatable bonds is 4. The summed E-state index contributed by atoms with van der Waals surface area (Å²) in [7, 11) is 0.